The monoisotopic (exact) mass is 281 g/mol. The van der Waals surface area contributed by atoms with Gasteiger partial charge in [-0.05, 0) is 18.6 Å². The highest BCUT2D eigenvalue weighted by Gasteiger charge is 2.11. The molecule has 0 aliphatic carbocycles. The van der Waals surface area contributed by atoms with Crippen molar-refractivity contribution in [3.8, 4) is 0 Å². The van der Waals surface area contributed by atoms with Crippen molar-refractivity contribution in [1.29, 1.82) is 0 Å². The Morgan fingerprint density at radius 3 is 2.44 bits per heavy atom. The lowest BCUT2D eigenvalue weighted by Crippen LogP contribution is -2.31. The number of aliphatic hydroxyl groups is 1. The lowest BCUT2D eigenvalue weighted by atomic mass is 10.2. The normalized spacial score (nSPS) is 12.8. The fourth-order valence-electron chi connectivity index (χ4n) is 1.32. The van der Waals surface area contributed by atoms with Crippen LogP contribution in [0.25, 0.3) is 0 Å². The molecule has 1 aromatic rings. The predicted molar refractivity (Wildman–Crippen MR) is 69.5 cm³/mol. The van der Waals surface area contributed by atoms with Gasteiger partial charge in [0.15, 0.2) is 0 Å². The van der Waals surface area contributed by atoms with E-state index in [1.165, 1.54) is 0 Å². The molecule has 16 heavy (non-hydrogen) atoms. The lowest BCUT2D eigenvalue weighted by molar-refractivity contribution is 0.238. The average molecular weight is 283 g/mol. The summed E-state index contributed by atoms with van der Waals surface area (Å²) in [6.45, 7) is 2.58. The molecule has 0 aliphatic rings. The van der Waals surface area contributed by atoms with E-state index in [9.17, 15) is 0 Å². The molecule has 1 aromatic carbocycles. The number of benzene rings is 1. The smallest absolute Gasteiger partial charge is 0.0652 e. The van der Waals surface area contributed by atoms with Gasteiger partial charge in [-0.15, -0.1) is 0 Å². The van der Waals surface area contributed by atoms with Crippen LogP contribution in [-0.4, -0.2) is 17.8 Å². The molecule has 5 heteroatoms. The Hall–Kier alpha value is 0.01000. The van der Waals surface area contributed by atoms with Gasteiger partial charge in [-0.2, -0.15) is 0 Å². The molecule has 2 N–H and O–H groups in total. The van der Waals surface area contributed by atoms with Crippen molar-refractivity contribution in [2.75, 3.05) is 6.61 Å². The third-order valence-electron chi connectivity index (χ3n) is 2.42. The van der Waals surface area contributed by atoms with Crippen molar-refractivity contribution in [2.24, 2.45) is 0 Å². The van der Waals surface area contributed by atoms with Crippen molar-refractivity contribution in [2.45, 2.75) is 25.9 Å². The van der Waals surface area contributed by atoms with Gasteiger partial charge in [0.05, 0.1) is 16.7 Å². The average Bonchev–Trinajstić information content (AvgIpc) is 2.29. The van der Waals surface area contributed by atoms with Crippen LogP contribution >= 0.6 is 34.8 Å². The van der Waals surface area contributed by atoms with E-state index in [-0.39, 0.29) is 12.6 Å². The van der Waals surface area contributed by atoms with E-state index in [2.05, 4.69) is 5.32 Å². The Morgan fingerprint density at radius 2 is 1.88 bits per heavy atom. The highest BCUT2D eigenvalue weighted by atomic mass is 35.5. The summed E-state index contributed by atoms with van der Waals surface area (Å²) in [7, 11) is 0. The predicted octanol–water partition coefficient (Wildman–Crippen LogP) is 3.51. The van der Waals surface area contributed by atoms with Gasteiger partial charge in [-0.1, -0.05) is 41.7 Å². The summed E-state index contributed by atoms with van der Waals surface area (Å²) in [4.78, 5) is 0. The Morgan fingerprint density at radius 1 is 1.25 bits per heavy atom. The first kappa shape index (κ1) is 14.1. The summed E-state index contributed by atoms with van der Waals surface area (Å²) in [5, 5.41) is 13.7. The number of nitrogens with one attached hydrogen (secondary N) is 1. The molecule has 90 valence electrons. The molecule has 0 amide bonds. The van der Waals surface area contributed by atoms with E-state index < -0.39 is 0 Å². The van der Waals surface area contributed by atoms with E-state index in [0.29, 0.717) is 21.6 Å². The van der Waals surface area contributed by atoms with Gasteiger partial charge < -0.3 is 10.4 Å². The topological polar surface area (TPSA) is 32.3 Å². The minimum atomic E-state index is 0.0473. The summed E-state index contributed by atoms with van der Waals surface area (Å²) < 4.78 is 0. The summed E-state index contributed by atoms with van der Waals surface area (Å²) in [5.41, 5.74) is 0.766. The fraction of sp³-hybridized carbons (Fsp3) is 0.455. The van der Waals surface area contributed by atoms with E-state index in [4.69, 9.17) is 39.9 Å². The Kier molecular flexibility index (Phi) is 5.87. The molecule has 0 aromatic heterocycles. The molecule has 1 atom stereocenters. The van der Waals surface area contributed by atoms with E-state index in [1.54, 1.807) is 12.1 Å². The minimum absolute atomic E-state index is 0.0473. The number of hydrogen-bond acceptors (Lipinski definition) is 2. The Labute approximate surface area is 111 Å². The third-order valence-corrected chi connectivity index (χ3v) is 3.62. The van der Waals surface area contributed by atoms with Gasteiger partial charge >= 0.3 is 0 Å². The number of aliphatic hydroxyl groups excluding tert-OH is 1. The van der Waals surface area contributed by atoms with E-state index >= 15 is 0 Å². The standard InChI is InChI=1S/C11H14Cl3NO/c1-2-7(6-16)15-5-8-9(12)3-4-10(13)11(8)14/h3-4,7,15-16H,2,5-6H2,1H3/t7-/m0/s1. The van der Waals surface area contributed by atoms with Crippen molar-refractivity contribution in [1.82, 2.24) is 5.32 Å². The SMILES string of the molecule is CC[C@@H](CO)NCc1c(Cl)ccc(Cl)c1Cl. The van der Waals surface area contributed by atoms with Crippen molar-refractivity contribution in [3.63, 3.8) is 0 Å². The lowest BCUT2D eigenvalue weighted by Gasteiger charge is -2.15. The fourth-order valence-corrected chi connectivity index (χ4v) is 2.00. The molecular formula is C11H14Cl3NO. The molecule has 0 saturated carbocycles. The van der Waals surface area contributed by atoms with E-state index in [1.807, 2.05) is 6.92 Å². The van der Waals surface area contributed by atoms with Crippen LogP contribution in [0.2, 0.25) is 15.1 Å². The molecule has 0 bridgehead atoms. The zero-order valence-electron chi connectivity index (χ0n) is 8.93. The van der Waals surface area contributed by atoms with Crippen LogP contribution in [-0.2, 0) is 6.54 Å². The second-order valence-corrected chi connectivity index (χ2v) is 4.68. The largest absolute Gasteiger partial charge is 0.395 e. The summed E-state index contributed by atoms with van der Waals surface area (Å²) in [6, 6.07) is 3.43. The number of rotatable bonds is 5. The zero-order valence-corrected chi connectivity index (χ0v) is 11.2. The molecule has 0 aliphatic heterocycles. The van der Waals surface area contributed by atoms with Crippen LogP contribution in [0.3, 0.4) is 0 Å². The van der Waals surface area contributed by atoms with Crippen LogP contribution in [0.5, 0.6) is 0 Å². The summed E-state index contributed by atoms with van der Waals surface area (Å²) in [6.07, 6.45) is 0.840. The Bertz CT molecular complexity index is 353. The number of hydrogen-bond donors (Lipinski definition) is 2. The highest BCUT2D eigenvalue weighted by molar-refractivity contribution is 6.44. The van der Waals surface area contributed by atoms with Crippen LogP contribution in [0, 0.1) is 0 Å². The first-order chi connectivity index (χ1) is 7.60. The maximum atomic E-state index is 9.04. The first-order valence-corrected chi connectivity index (χ1v) is 6.20. The first-order valence-electron chi connectivity index (χ1n) is 5.06. The third kappa shape index (κ3) is 3.51. The van der Waals surface area contributed by atoms with Gasteiger partial charge in [0.1, 0.15) is 0 Å². The van der Waals surface area contributed by atoms with E-state index in [0.717, 1.165) is 12.0 Å². The minimum Gasteiger partial charge on any atom is -0.395 e. The van der Waals surface area contributed by atoms with Gasteiger partial charge in [0.25, 0.3) is 0 Å². The molecule has 2 nitrogen and oxygen atoms in total. The quantitative estimate of drug-likeness (QED) is 0.810. The van der Waals surface area contributed by atoms with Gasteiger partial charge in [-0.25, -0.2) is 0 Å². The van der Waals surface area contributed by atoms with Crippen molar-refractivity contribution < 1.29 is 5.11 Å². The van der Waals surface area contributed by atoms with Gasteiger partial charge in [0.2, 0.25) is 0 Å². The van der Waals surface area contributed by atoms with Crippen LogP contribution in [0.15, 0.2) is 12.1 Å². The molecule has 0 fully saturated rings. The van der Waals surface area contributed by atoms with Crippen LogP contribution < -0.4 is 5.32 Å². The molecule has 0 heterocycles. The maximum absolute atomic E-state index is 9.04. The van der Waals surface area contributed by atoms with Gasteiger partial charge in [-0.3, -0.25) is 0 Å². The molecule has 0 unspecified atom stereocenters. The van der Waals surface area contributed by atoms with Crippen molar-refractivity contribution in [3.05, 3.63) is 32.8 Å². The van der Waals surface area contributed by atoms with Crippen LogP contribution in [0.1, 0.15) is 18.9 Å². The van der Waals surface area contributed by atoms with Crippen LogP contribution in [0.4, 0.5) is 0 Å². The maximum Gasteiger partial charge on any atom is 0.0652 e. The van der Waals surface area contributed by atoms with Gasteiger partial charge in [0, 0.05) is 23.2 Å². The highest BCUT2D eigenvalue weighted by Crippen LogP contribution is 2.31. The Balaban J connectivity index is 2.77. The number of halogens is 3. The summed E-state index contributed by atoms with van der Waals surface area (Å²) >= 11 is 18.0. The second-order valence-electron chi connectivity index (χ2n) is 3.49. The zero-order chi connectivity index (χ0) is 12.1. The molecule has 0 saturated heterocycles. The molecule has 0 spiro atoms. The molecular weight excluding hydrogens is 268 g/mol. The molecule has 0 radical (unpaired) electrons. The summed E-state index contributed by atoms with van der Waals surface area (Å²) in [5.74, 6) is 0. The second kappa shape index (κ2) is 6.67. The molecule has 1 rings (SSSR count). The van der Waals surface area contributed by atoms with Crippen molar-refractivity contribution >= 4 is 34.8 Å².